The molecule has 0 spiro atoms. The average molecular weight is 364 g/mol. The van der Waals surface area contributed by atoms with Crippen molar-refractivity contribution in [2.45, 2.75) is 18.2 Å². The van der Waals surface area contributed by atoms with Crippen LogP contribution in [0.5, 0.6) is 0 Å². The maximum absolute atomic E-state index is 11.9. The van der Waals surface area contributed by atoms with Crippen LogP contribution in [0.15, 0.2) is 42.0 Å². The highest BCUT2D eigenvalue weighted by atomic mass is 79.9. The predicted molar refractivity (Wildman–Crippen MR) is 90.1 cm³/mol. The lowest BCUT2D eigenvalue weighted by Gasteiger charge is -2.15. The topological polar surface area (TPSA) is 46.4 Å². The molecule has 2 aromatic heterocycles. The number of nitrogens with one attached hydrogen (secondary N) is 1. The number of fused-ring (bicyclic) bond motifs is 1. The van der Waals surface area contributed by atoms with Crippen LogP contribution in [-0.2, 0) is 4.79 Å². The van der Waals surface area contributed by atoms with E-state index >= 15 is 0 Å². The minimum Gasteiger partial charge on any atom is -0.325 e. The highest BCUT2D eigenvalue weighted by molar-refractivity contribution is 9.10. The number of hydrogen-bond acceptors (Lipinski definition) is 3. The van der Waals surface area contributed by atoms with Crippen LogP contribution in [0.2, 0.25) is 0 Å². The molecule has 1 aromatic carbocycles. The summed E-state index contributed by atoms with van der Waals surface area (Å²) in [5.41, 5.74) is 2.74. The molecule has 0 aliphatic heterocycles. The fourth-order valence-corrected chi connectivity index (χ4v) is 2.67. The molecule has 0 unspecified atom stereocenters. The summed E-state index contributed by atoms with van der Waals surface area (Å²) in [5, 5.41) is 4.88. The summed E-state index contributed by atoms with van der Waals surface area (Å²) < 4.78 is 1.42. The number of nitrogens with zero attached hydrogens (tertiary/aromatic N) is 2. The monoisotopic (exact) mass is 363 g/mol. The van der Waals surface area contributed by atoms with Crippen LogP contribution in [0, 0.1) is 0 Å². The van der Waals surface area contributed by atoms with Crippen molar-refractivity contribution in [1.82, 2.24) is 9.38 Å². The maximum atomic E-state index is 11.9. The number of aromatic nitrogens is 2. The number of alkyl halides is 1. The Hall–Kier alpha value is -1.66. The van der Waals surface area contributed by atoms with Crippen molar-refractivity contribution in [3.05, 3.63) is 42.0 Å². The molecule has 21 heavy (non-hydrogen) atoms. The van der Waals surface area contributed by atoms with Crippen molar-refractivity contribution in [3.8, 4) is 11.3 Å². The minimum absolute atomic E-state index is 0.0715. The van der Waals surface area contributed by atoms with Crippen molar-refractivity contribution < 1.29 is 4.79 Å². The van der Waals surface area contributed by atoms with Crippen molar-refractivity contribution in [2.75, 3.05) is 5.32 Å². The van der Waals surface area contributed by atoms with Crippen molar-refractivity contribution in [2.24, 2.45) is 0 Å². The number of amides is 1. The number of imidazole rings is 1. The van der Waals surface area contributed by atoms with Gasteiger partial charge in [-0.2, -0.15) is 0 Å². The molecule has 4 nitrogen and oxygen atoms in total. The molecule has 0 atom stereocenters. The van der Waals surface area contributed by atoms with Crippen LogP contribution in [-0.4, -0.2) is 19.6 Å². The molecule has 0 saturated heterocycles. The molecule has 0 fully saturated rings. The summed E-state index contributed by atoms with van der Waals surface area (Å²) in [6.07, 6.45) is 3.99. The van der Waals surface area contributed by atoms with Crippen LogP contribution in [0.1, 0.15) is 13.8 Å². The van der Waals surface area contributed by atoms with E-state index in [1.165, 1.54) is 0 Å². The molecular formula is C15H14BrN3OS. The first-order valence-corrected chi connectivity index (χ1v) is 8.14. The standard InChI is InChI=1S/C15H14BrN3OS/c1-15(2,16)13(20)17-11-5-3-10(4-6-11)12-9-19-7-8-21-14(19)18-12/h3-9H,1-2H3,(H,17,20). The number of carbonyl (C=O) groups is 1. The van der Waals surface area contributed by atoms with Crippen LogP contribution in [0.3, 0.4) is 0 Å². The summed E-state index contributed by atoms with van der Waals surface area (Å²) in [4.78, 5) is 17.4. The maximum Gasteiger partial charge on any atom is 0.240 e. The summed E-state index contributed by atoms with van der Waals surface area (Å²) >= 11 is 4.95. The highest BCUT2D eigenvalue weighted by Crippen LogP contribution is 2.24. The number of hydrogen-bond donors (Lipinski definition) is 1. The van der Waals surface area contributed by atoms with E-state index < -0.39 is 4.32 Å². The first kappa shape index (κ1) is 14.3. The highest BCUT2D eigenvalue weighted by Gasteiger charge is 2.23. The van der Waals surface area contributed by atoms with Gasteiger partial charge in [0.15, 0.2) is 4.96 Å². The van der Waals surface area contributed by atoms with E-state index in [1.54, 1.807) is 11.3 Å². The number of anilines is 1. The fraction of sp³-hybridized carbons (Fsp3) is 0.200. The first-order valence-electron chi connectivity index (χ1n) is 6.46. The zero-order valence-electron chi connectivity index (χ0n) is 11.6. The van der Waals surface area contributed by atoms with Gasteiger partial charge in [-0.15, -0.1) is 11.3 Å². The Kier molecular flexibility index (Phi) is 3.59. The van der Waals surface area contributed by atoms with Gasteiger partial charge in [0.2, 0.25) is 5.91 Å². The minimum atomic E-state index is -0.583. The van der Waals surface area contributed by atoms with Crippen molar-refractivity contribution in [1.29, 1.82) is 0 Å². The van der Waals surface area contributed by atoms with Gasteiger partial charge in [-0.1, -0.05) is 28.1 Å². The summed E-state index contributed by atoms with van der Waals surface area (Å²) in [6.45, 7) is 3.63. The van der Waals surface area contributed by atoms with Gasteiger partial charge in [-0.05, 0) is 26.0 Å². The Morgan fingerprint density at radius 1 is 1.33 bits per heavy atom. The van der Waals surface area contributed by atoms with E-state index in [0.29, 0.717) is 0 Å². The zero-order valence-corrected chi connectivity index (χ0v) is 14.0. The number of rotatable bonds is 3. The van der Waals surface area contributed by atoms with E-state index in [0.717, 1.165) is 21.9 Å². The number of benzene rings is 1. The smallest absolute Gasteiger partial charge is 0.240 e. The van der Waals surface area contributed by atoms with Crippen LogP contribution < -0.4 is 5.32 Å². The van der Waals surface area contributed by atoms with Gasteiger partial charge in [-0.3, -0.25) is 9.20 Å². The van der Waals surface area contributed by atoms with Gasteiger partial charge < -0.3 is 5.32 Å². The van der Waals surface area contributed by atoms with Crippen LogP contribution in [0.4, 0.5) is 5.69 Å². The fourth-order valence-electron chi connectivity index (χ4n) is 1.87. The van der Waals surface area contributed by atoms with Gasteiger partial charge in [-0.25, -0.2) is 4.98 Å². The van der Waals surface area contributed by atoms with Crippen LogP contribution >= 0.6 is 27.3 Å². The molecule has 0 aliphatic carbocycles. The average Bonchev–Trinajstić information content (AvgIpc) is 2.99. The number of carbonyl (C=O) groups excluding carboxylic acids is 1. The molecule has 3 aromatic rings. The quantitative estimate of drug-likeness (QED) is 0.709. The normalized spacial score (nSPS) is 11.8. The van der Waals surface area contributed by atoms with Crippen molar-refractivity contribution in [3.63, 3.8) is 0 Å². The molecule has 0 radical (unpaired) electrons. The first-order chi connectivity index (χ1) is 9.93. The second-order valence-corrected chi connectivity index (χ2v) is 8.08. The van der Waals surface area contributed by atoms with Gasteiger partial charge in [0, 0.05) is 29.0 Å². The summed E-state index contributed by atoms with van der Waals surface area (Å²) in [5.74, 6) is -0.0715. The zero-order chi connectivity index (χ0) is 15.0. The number of halogens is 1. The summed E-state index contributed by atoms with van der Waals surface area (Å²) in [7, 11) is 0. The Morgan fingerprint density at radius 2 is 2.05 bits per heavy atom. The predicted octanol–water partition coefficient (Wildman–Crippen LogP) is 4.17. The van der Waals surface area contributed by atoms with E-state index in [1.807, 2.05) is 60.3 Å². The van der Waals surface area contributed by atoms with E-state index in [9.17, 15) is 4.79 Å². The largest absolute Gasteiger partial charge is 0.325 e. The van der Waals surface area contributed by atoms with E-state index in [-0.39, 0.29) is 5.91 Å². The van der Waals surface area contributed by atoms with Crippen LogP contribution in [0.25, 0.3) is 16.2 Å². The lowest BCUT2D eigenvalue weighted by molar-refractivity contribution is -0.117. The third-order valence-electron chi connectivity index (χ3n) is 3.07. The van der Waals surface area contributed by atoms with Crippen molar-refractivity contribution >= 4 is 43.8 Å². The Balaban J connectivity index is 1.81. The SMILES string of the molecule is CC(C)(Br)C(=O)Nc1ccc(-c2cn3ccsc3n2)cc1. The lowest BCUT2D eigenvalue weighted by Crippen LogP contribution is -2.30. The molecule has 2 heterocycles. The molecular weight excluding hydrogens is 350 g/mol. The molecule has 0 aliphatic rings. The second kappa shape index (κ2) is 5.27. The molecule has 6 heteroatoms. The lowest BCUT2D eigenvalue weighted by atomic mass is 10.1. The molecule has 108 valence electrons. The van der Waals surface area contributed by atoms with Gasteiger partial charge in [0.05, 0.1) is 10.0 Å². The third kappa shape index (κ3) is 3.01. The molecule has 1 N–H and O–H groups in total. The van der Waals surface area contributed by atoms with E-state index in [2.05, 4.69) is 26.2 Å². The summed E-state index contributed by atoms with van der Waals surface area (Å²) in [6, 6.07) is 7.70. The van der Waals surface area contributed by atoms with E-state index in [4.69, 9.17) is 0 Å². The Labute approximate surface area is 135 Å². The molecule has 1 amide bonds. The molecule has 3 rings (SSSR count). The molecule has 0 bridgehead atoms. The Bertz CT molecular complexity index is 755. The van der Waals surface area contributed by atoms with Gasteiger partial charge in [0.1, 0.15) is 0 Å². The Morgan fingerprint density at radius 3 is 2.67 bits per heavy atom. The number of thiazole rings is 1. The molecule has 0 saturated carbocycles. The third-order valence-corrected chi connectivity index (χ3v) is 4.20. The van der Waals surface area contributed by atoms with Gasteiger partial charge >= 0.3 is 0 Å². The second-order valence-electron chi connectivity index (χ2n) is 5.22. The van der Waals surface area contributed by atoms with Gasteiger partial charge in [0.25, 0.3) is 0 Å².